The average molecular weight is 488 g/mol. The summed E-state index contributed by atoms with van der Waals surface area (Å²) < 4.78 is 48.8. The number of ether oxygens (including phenoxy) is 3. The predicted octanol–water partition coefficient (Wildman–Crippen LogP) is 2.80. The number of esters is 1. The Kier molecular flexibility index (Phi) is 6.74. The van der Waals surface area contributed by atoms with E-state index in [0.717, 1.165) is 11.1 Å². The van der Waals surface area contributed by atoms with Gasteiger partial charge in [-0.1, -0.05) is 0 Å². The third-order valence-electron chi connectivity index (χ3n) is 5.79. The van der Waals surface area contributed by atoms with E-state index in [9.17, 15) is 18.0 Å². The van der Waals surface area contributed by atoms with Gasteiger partial charge in [0.05, 0.1) is 25.9 Å². The summed E-state index contributed by atoms with van der Waals surface area (Å²) in [6, 6.07) is 9.03. The molecule has 0 saturated carbocycles. The van der Waals surface area contributed by atoms with E-state index in [0.29, 0.717) is 29.7 Å². The molecule has 0 bridgehead atoms. The van der Waals surface area contributed by atoms with E-state index in [4.69, 9.17) is 18.6 Å². The van der Waals surface area contributed by atoms with Crippen LogP contribution in [-0.2, 0) is 26.1 Å². The van der Waals surface area contributed by atoms with Crippen molar-refractivity contribution in [3.8, 4) is 5.75 Å². The molecule has 1 aliphatic heterocycles. The van der Waals surface area contributed by atoms with Gasteiger partial charge < -0.3 is 18.6 Å². The second-order valence-electron chi connectivity index (χ2n) is 7.98. The fraction of sp³-hybridized carbons (Fsp3) is 0.333. The van der Waals surface area contributed by atoms with E-state index in [1.165, 1.54) is 35.7 Å². The number of nitrogens with zero attached hydrogens (tertiary/aromatic N) is 1. The Hall–Kier alpha value is -3.21. The molecule has 1 aliphatic rings. The number of carbonyl (C=O) groups is 1. The summed E-state index contributed by atoms with van der Waals surface area (Å²) in [7, 11) is -2.54. The van der Waals surface area contributed by atoms with Crippen LogP contribution in [0.25, 0.3) is 11.0 Å². The molecular formula is C24H25NO8S. The topological polar surface area (TPSA) is 112 Å². The van der Waals surface area contributed by atoms with Crippen molar-refractivity contribution in [3.63, 3.8) is 0 Å². The standard InChI is InChI=1S/C24H25NO8S/c1-15-10-19-18(13-23(26)33-21(19)11-16(15)2)14-32-24(27)17-4-5-20(30-3)22(12-17)34(28,29)25-6-8-31-9-7-25/h4-5,10-13H,6-9,14H2,1-3H3. The zero-order valence-corrected chi connectivity index (χ0v) is 19.9. The van der Waals surface area contributed by atoms with Crippen molar-refractivity contribution in [3.05, 3.63) is 69.1 Å². The van der Waals surface area contributed by atoms with Crippen molar-refractivity contribution in [2.24, 2.45) is 0 Å². The smallest absolute Gasteiger partial charge is 0.338 e. The Morgan fingerprint density at radius 1 is 1.06 bits per heavy atom. The quantitative estimate of drug-likeness (QED) is 0.385. The van der Waals surface area contributed by atoms with Gasteiger partial charge in [0.25, 0.3) is 0 Å². The lowest BCUT2D eigenvalue weighted by molar-refractivity contribution is 0.0473. The number of sulfonamides is 1. The Labute approximate surface area is 196 Å². The van der Waals surface area contributed by atoms with Crippen LogP contribution in [0.5, 0.6) is 5.75 Å². The lowest BCUT2D eigenvalue weighted by Gasteiger charge is -2.26. The molecule has 180 valence electrons. The van der Waals surface area contributed by atoms with E-state index in [1.807, 2.05) is 19.9 Å². The van der Waals surface area contributed by atoms with Crippen molar-refractivity contribution in [1.29, 1.82) is 0 Å². The fourth-order valence-corrected chi connectivity index (χ4v) is 5.35. The van der Waals surface area contributed by atoms with E-state index in [1.54, 1.807) is 6.07 Å². The van der Waals surface area contributed by atoms with Gasteiger partial charge in [0.2, 0.25) is 10.0 Å². The van der Waals surface area contributed by atoms with Crippen LogP contribution in [0.15, 0.2) is 50.5 Å². The van der Waals surface area contributed by atoms with Crippen LogP contribution in [0, 0.1) is 13.8 Å². The van der Waals surface area contributed by atoms with E-state index in [2.05, 4.69) is 0 Å². The van der Waals surface area contributed by atoms with Crippen molar-refractivity contribution in [2.45, 2.75) is 25.3 Å². The Morgan fingerprint density at radius 3 is 2.47 bits per heavy atom. The first-order valence-electron chi connectivity index (χ1n) is 10.7. The minimum atomic E-state index is -3.90. The highest BCUT2D eigenvalue weighted by Gasteiger charge is 2.30. The molecule has 2 aromatic carbocycles. The van der Waals surface area contributed by atoms with Crippen LogP contribution in [-0.4, -0.2) is 52.1 Å². The first kappa shape index (κ1) is 23.9. The molecule has 34 heavy (non-hydrogen) atoms. The van der Waals surface area contributed by atoms with Crippen molar-refractivity contribution in [2.75, 3.05) is 33.4 Å². The van der Waals surface area contributed by atoms with Gasteiger partial charge in [-0.25, -0.2) is 18.0 Å². The average Bonchev–Trinajstić information content (AvgIpc) is 2.83. The summed E-state index contributed by atoms with van der Waals surface area (Å²) in [6.45, 7) is 4.67. The maximum Gasteiger partial charge on any atom is 0.338 e. The van der Waals surface area contributed by atoms with Crippen LogP contribution in [0.1, 0.15) is 27.0 Å². The Morgan fingerprint density at radius 2 is 1.76 bits per heavy atom. The number of hydrogen-bond donors (Lipinski definition) is 0. The number of hydrogen-bond acceptors (Lipinski definition) is 8. The molecule has 0 atom stereocenters. The third-order valence-corrected chi connectivity index (χ3v) is 7.71. The highest BCUT2D eigenvalue weighted by atomic mass is 32.2. The first-order valence-corrected chi connectivity index (χ1v) is 12.1. The van der Waals surface area contributed by atoms with Gasteiger partial charge in [0.15, 0.2) is 0 Å². The number of aryl methyl sites for hydroxylation is 2. The largest absolute Gasteiger partial charge is 0.495 e. The Balaban J connectivity index is 1.62. The monoisotopic (exact) mass is 487 g/mol. The predicted molar refractivity (Wildman–Crippen MR) is 124 cm³/mol. The number of rotatable bonds is 6. The molecule has 0 radical (unpaired) electrons. The minimum absolute atomic E-state index is 0.0481. The van der Waals surface area contributed by atoms with Gasteiger partial charge in [-0.15, -0.1) is 0 Å². The minimum Gasteiger partial charge on any atom is -0.495 e. The highest BCUT2D eigenvalue weighted by molar-refractivity contribution is 7.89. The SMILES string of the molecule is COc1ccc(C(=O)OCc2cc(=O)oc3cc(C)c(C)cc23)cc1S(=O)(=O)N1CCOCC1. The van der Waals surface area contributed by atoms with Crippen molar-refractivity contribution in [1.82, 2.24) is 4.31 Å². The lowest BCUT2D eigenvalue weighted by atomic mass is 10.0. The second-order valence-corrected chi connectivity index (χ2v) is 9.89. The zero-order chi connectivity index (χ0) is 24.5. The maximum absolute atomic E-state index is 13.2. The van der Waals surface area contributed by atoms with Crippen LogP contribution >= 0.6 is 0 Å². The molecule has 0 aliphatic carbocycles. The number of methoxy groups -OCH3 is 1. The summed E-state index contributed by atoms with van der Waals surface area (Å²) in [4.78, 5) is 24.7. The molecule has 1 saturated heterocycles. The molecule has 2 heterocycles. The van der Waals surface area contributed by atoms with Crippen molar-refractivity contribution >= 4 is 27.0 Å². The Bertz CT molecular complexity index is 1400. The van der Waals surface area contributed by atoms with Gasteiger partial charge in [-0.05, 0) is 55.3 Å². The summed E-state index contributed by atoms with van der Waals surface area (Å²) >= 11 is 0. The molecule has 3 aromatic rings. The van der Waals surface area contributed by atoms with Crippen LogP contribution in [0.2, 0.25) is 0 Å². The van der Waals surface area contributed by atoms with Gasteiger partial charge in [0, 0.05) is 30.1 Å². The van der Waals surface area contributed by atoms with Gasteiger partial charge in [0.1, 0.15) is 22.8 Å². The molecule has 1 aromatic heterocycles. The number of fused-ring (bicyclic) bond motifs is 1. The summed E-state index contributed by atoms with van der Waals surface area (Å²) in [5, 5.41) is 0.667. The molecule has 4 rings (SSSR count). The van der Waals surface area contributed by atoms with Gasteiger partial charge in [-0.3, -0.25) is 0 Å². The molecule has 10 heteroatoms. The zero-order valence-electron chi connectivity index (χ0n) is 19.1. The molecule has 0 amide bonds. The molecule has 1 fully saturated rings. The molecule has 0 N–H and O–H groups in total. The van der Waals surface area contributed by atoms with Crippen LogP contribution in [0.4, 0.5) is 0 Å². The summed E-state index contributed by atoms with van der Waals surface area (Å²) in [5.74, 6) is -0.605. The maximum atomic E-state index is 13.2. The van der Waals surface area contributed by atoms with Gasteiger partial charge in [-0.2, -0.15) is 4.31 Å². The van der Waals surface area contributed by atoms with Crippen molar-refractivity contribution < 1.29 is 31.8 Å². The van der Waals surface area contributed by atoms with E-state index < -0.39 is 21.6 Å². The molecule has 0 spiro atoms. The van der Waals surface area contributed by atoms with E-state index >= 15 is 0 Å². The van der Waals surface area contributed by atoms with Crippen LogP contribution < -0.4 is 10.4 Å². The molecular weight excluding hydrogens is 462 g/mol. The third kappa shape index (κ3) is 4.70. The van der Waals surface area contributed by atoms with Crippen LogP contribution in [0.3, 0.4) is 0 Å². The number of carbonyl (C=O) groups excluding carboxylic acids is 1. The fourth-order valence-electron chi connectivity index (χ4n) is 3.76. The second kappa shape index (κ2) is 9.57. The number of benzene rings is 2. The molecule has 9 nitrogen and oxygen atoms in total. The first-order chi connectivity index (χ1) is 16.2. The molecule has 0 unspecified atom stereocenters. The summed E-state index contributed by atoms with van der Waals surface area (Å²) in [5.41, 5.74) is 2.37. The number of morpholine rings is 1. The highest BCUT2D eigenvalue weighted by Crippen LogP contribution is 2.29. The normalized spacial score (nSPS) is 14.8. The summed E-state index contributed by atoms with van der Waals surface area (Å²) in [6.07, 6.45) is 0. The van der Waals surface area contributed by atoms with E-state index in [-0.39, 0.29) is 35.9 Å². The lowest BCUT2D eigenvalue weighted by Crippen LogP contribution is -2.40. The van der Waals surface area contributed by atoms with Gasteiger partial charge >= 0.3 is 11.6 Å².